The summed E-state index contributed by atoms with van der Waals surface area (Å²) < 4.78 is 11.0. The molecule has 0 fully saturated rings. The van der Waals surface area contributed by atoms with Crippen molar-refractivity contribution in [2.75, 3.05) is 7.11 Å². The summed E-state index contributed by atoms with van der Waals surface area (Å²) in [6.45, 7) is 6.43. The van der Waals surface area contributed by atoms with Crippen LogP contribution in [0.25, 0.3) is 11.4 Å². The molecule has 0 saturated carbocycles. The van der Waals surface area contributed by atoms with Gasteiger partial charge in [0.05, 0.1) is 13.2 Å². The van der Waals surface area contributed by atoms with Crippen LogP contribution in [0.4, 0.5) is 0 Å². The summed E-state index contributed by atoms with van der Waals surface area (Å²) in [6.07, 6.45) is 4.30. The van der Waals surface area contributed by atoms with Crippen LogP contribution in [0.5, 0.6) is 5.75 Å². The van der Waals surface area contributed by atoms with Gasteiger partial charge in [0.25, 0.3) is 0 Å². The topological polar surface area (TPSA) is 73.1 Å². The first kappa shape index (κ1) is 19.0. The summed E-state index contributed by atoms with van der Waals surface area (Å²) in [5.74, 6) is 2.36. The quantitative estimate of drug-likeness (QED) is 0.648. The Kier molecular flexibility index (Phi) is 6.19. The monoisotopic (exact) mass is 366 g/mol. The van der Waals surface area contributed by atoms with E-state index in [2.05, 4.69) is 47.3 Å². The standard InChI is InChI=1S/C21H26N4O2/c1-14(2)19(21-24-20(25-27-21)17-9-7-11-22-13-17)23-15(3)12-16-8-5-6-10-18(16)26-4/h5-11,13-15,19,23H,12H2,1-4H3/t15-,19-/m1/s1. The molecule has 1 N–H and O–H groups in total. The number of hydrogen-bond donors (Lipinski definition) is 1. The summed E-state index contributed by atoms with van der Waals surface area (Å²) in [7, 11) is 1.70. The lowest BCUT2D eigenvalue weighted by molar-refractivity contribution is 0.272. The number of ether oxygens (including phenoxy) is 1. The first-order chi connectivity index (χ1) is 13.1. The minimum atomic E-state index is -0.0346. The van der Waals surface area contributed by atoms with Gasteiger partial charge in [0.1, 0.15) is 5.75 Å². The highest BCUT2D eigenvalue weighted by Gasteiger charge is 2.25. The first-order valence-corrected chi connectivity index (χ1v) is 9.20. The molecule has 0 aliphatic carbocycles. The number of methoxy groups -OCH3 is 1. The summed E-state index contributed by atoms with van der Waals surface area (Å²) in [4.78, 5) is 8.70. The van der Waals surface area contributed by atoms with Crippen LogP contribution < -0.4 is 10.1 Å². The fourth-order valence-electron chi connectivity index (χ4n) is 3.09. The second kappa shape index (κ2) is 8.77. The van der Waals surface area contributed by atoms with Gasteiger partial charge in [-0.15, -0.1) is 0 Å². The summed E-state index contributed by atoms with van der Waals surface area (Å²) in [6, 6.07) is 12.0. The molecule has 0 radical (unpaired) electrons. The molecular formula is C21H26N4O2. The summed E-state index contributed by atoms with van der Waals surface area (Å²) in [5.41, 5.74) is 2.01. The Hall–Kier alpha value is -2.73. The number of nitrogens with zero attached hydrogens (tertiary/aromatic N) is 3. The number of hydrogen-bond acceptors (Lipinski definition) is 6. The van der Waals surface area contributed by atoms with Gasteiger partial charge in [-0.05, 0) is 43.0 Å². The Bertz CT molecular complexity index is 848. The smallest absolute Gasteiger partial charge is 0.244 e. The van der Waals surface area contributed by atoms with Crippen molar-refractivity contribution in [1.29, 1.82) is 0 Å². The van der Waals surface area contributed by atoms with Crippen molar-refractivity contribution in [3.05, 3.63) is 60.2 Å². The number of pyridine rings is 1. The lowest BCUT2D eigenvalue weighted by atomic mass is 10.0. The Morgan fingerprint density at radius 1 is 1.11 bits per heavy atom. The van der Waals surface area contributed by atoms with Crippen LogP contribution in [0, 0.1) is 5.92 Å². The van der Waals surface area contributed by atoms with Gasteiger partial charge in [-0.2, -0.15) is 4.98 Å². The van der Waals surface area contributed by atoms with Crippen LogP contribution in [0.2, 0.25) is 0 Å². The molecule has 0 unspecified atom stereocenters. The first-order valence-electron chi connectivity index (χ1n) is 9.20. The molecule has 142 valence electrons. The van der Waals surface area contributed by atoms with Gasteiger partial charge in [-0.3, -0.25) is 4.98 Å². The zero-order valence-corrected chi connectivity index (χ0v) is 16.2. The van der Waals surface area contributed by atoms with Gasteiger partial charge in [0.2, 0.25) is 11.7 Å². The average Bonchev–Trinajstić information content (AvgIpc) is 3.17. The van der Waals surface area contributed by atoms with E-state index in [1.807, 2.05) is 30.3 Å². The molecule has 2 atom stereocenters. The zero-order chi connectivity index (χ0) is 19.2. The number of para-hydroxylation sites is 1. The van der Waals surface area contributed by atoms with Crippen LogP contribution in [-0.4, -0.2) is 28.3 Å². The van der Waals surface area contributed by atoms with E-state index in [0.717, 1.165) is 17.7 Å². The van der Waals surface area contributed by atoms with E-state index < -0.39 is 0 Å². The highest BCUT2D eigenvalue weighted by Crippen LogP contribution is 2.25. The van der Waals surface area contributed by atoms with E-state index in [1.54, 1.807) is 19.5 Å². The predicted octanol–water partition coefficient (Wildman–Crippen LogP) is 4.06. The van der Waals surface area contributed by atoms with Gasteiger partial charge in [-0.25, -0.2) is 0 Å². The molecule has 0 bridgehead atoms. The molecule has 1 aromatic carbocycles. The third-order valence-corrected chi connectivity index (χ3v) is 4.48. The fourth-order valence-corrected chi connectivity index (χ4v) is 3.09. The molecule has 0 spiro atoms. The molecule has 0 saturated heterocycles. The molecule has 3 aromatic rings. The highest BCUT2D eigenvalue weighted by molar-refractivity contribution is 5.51. The zero-order valence-electron chi connectivity index (χ0n) is 16.2. The Morgan fingerprint density at radius 2 is 1.93 bits per heavy atom. The SMILES string of the molecule is COc1ccccc1C[C@@H](C)N[C@@H](c1nc(-c2cccnc2)no1)C(C)C. The van der Waals surface area contributed by atoms with Crippen LogP contribution >= 0.6 is 0 Å². The maximum Gasteiger partial charge on any atom is 0.244 e. The number of benzene rings is 1. The fraction of sp³-hybridized carbons (Fsp3) is 0.381. The molecule has 0 aliphatic rings. The van der Waals surface area contributed by atoms with Crippen molar-refractivity contribution in [2.45, 2.75) is 39.3 Å². The van der Waals surface area contributed by atoms with E-state index in [9.17, 15) is 0 Å². The third-order valence-electron chi connectivity index (χ3n) is 4.48. The van der Waals surface area contributed by atoms with E-state index in [0.29, 0.717) is 17.6 Å². The van der Waals surface area contributed by atoms with Crippen molar-refractivity contribution in [3.63, 3.8) is 0 Å². The minimum Gasteiger partial charge on any atom is -0.496 e. The van der Waals surface area contributed by atoms with Crippen LogP contribution in [0.3, 0.4) is 0 Å². The predicted molar refractivity (Wildman–Crippen MR) is 104 cm³/mol. The van der Waals surface area contributed by atoms with Gasteiger partial charge in [0, 0.05) is 24.0 Å². The van der Waals surface area contributed by atoms with E-state index in [1.165, 1.54) is 5.56 Å². The van der Waals surface area contributed by atoms with E-state index in [-0.39, 0.29) is 12.1 Å². The van der Waals surface area contributed by atoms with Crippen molar-refractivity contribution in [3.8, 4) is 17.1 Å². The lowest BCUT2D eigenvalue weighted by Gasteiger charge is -2.24. The third kappa shape index (κ3) is 4.71. The Balaban J connectivity index is 1.73. The molecule has 3 rings (SSSR count). The van der Waals surface area contributed by atoms with Gasteiger partial charge in [0.15, 0.2) is 0 Å². The van der Waals surface area contributed by atoms with Gasteiger partial charge in [-0.1, -0.05) is 37.2 Å². The number of rotatable bonds is 8. The van der Waals surface area contributed by atoms with E-state index in [4.69, 9.17) is 9.26 Å². The van der Waals surface area contributed by atoms with Crippen LogP contribution in [0.1, 0.15) is 38.3 Å². The Morgan fingerprint density at radius 3 is 2.63 bits per heavy atom. The van der Waals surface area contributed by atoms with Crippen molar-refractivity contribution >= 4 is 0 Å². The molecular weight excluding hydrogens is 340 g/mol. The second-order valence-corrected chi connectivity index (χ2v) is 7.00. The number of aromatic nitrogens is 3. The van der Waals surface area contributed by atoms with Crippen molar-refractivity contribution in [1.82, 2.24) is 20.4 Å². The minimum absolute atomic E-state index is 0.0346. The number of nitrogens with one attached hydrogen (secondary N) is 1. The molecule has 6 heteroatoms. The normalized spacial score (nSPS) is 13.5. The van der Waals surface area contributed by atoms with Crippen molar-refractivity contribution < 1.29 is 9.26 Å². The van der Waals surface area contributed by atoms with E-state index >= 15 is 0 Å². The maximum absolute atomic E-state index is 5.56. The molecule has 0 aliphatic heterocycles. The molecule has 2 aromatic heterocycles. The summed E-state index contributed by atoms with van der Waals surface area (Å²) >= 11 is 0. The Labute approximate surface area is 160 Å². The van der Waals surface area contributed by atoms with Gasteiger partial charge >= 0.3 is 0 Å². The van der Waals surface area contributed by atoms with Crippen LogP contribution in [-0.2, 0) is 6.42 Å². The van der Waals surface area contributed by atoms with Gasteiger partial charge < -0.3 is 14.6 Å². The lowest BCUT2D eigenvalue weighted by Crippen LogP contribution is -2.35. The molecule has 27 heavy (non-hydrogen) atoms. The molecule has 6 nitrogen and oxygen atoms in total. The average molecular weight is 366 g/mol. The largest absolute Gasteiger partial charge is 0.496 e. The van der Waals surface area contributed by atoms with Crippen LogP contribution in [0.15, 0.2) is 53.3 Å². The maximum atomic E-state index is 5.56. The summed E-state index contributed by atoms with van der Waals surface area (Å²) in [5, 5.41) is 7.75. The molecule has 2 heterocycles. The highest BCUT2D eigenvalue weighted by atomic mass is 16.5. The van der Waals surface area contributed by atoms with Crippen molar-refractivity contribution in [2.24, 2.45) is 5.92 Å². The second-order valence-electron chi connectivity index (χ2n) is 7.00. The molecule has 0 amide bonds.